The first-order valence-electron chi connectivity index (χ1n) is 11.7. The molecule has 5 rings (SSSR count). The zero-order valence-corrected chi connectivity index (χ0v) is 19.2. The van der Waals surface area contributed by atoms with E-state index in [4.69, 9.17) is 4.74 Å². The smallest absolute Gasteiger partial charge is 0.387 e. The number of nitrogens with one attached hydrogen (secondary N) is 2. The Morgan fingerprint density at radius 2 is 1.76 bits per heavy atom. The van der Waals surface area contributed by atoms with Crippen molar-refractivity contribution in [3.63, 3.8) is 0 Å². The molecule has 4 aliphatic rings. The molecule has 182 valence electrons. The van der Waals surface area contributed by atoms with Crippen molar-refractivity contribution < 1.29 is 27.8 Å². The van der Waals surface area contributed by atoms with Gasteiger partial charge in [0.05, 0.1) is 7.11 Å². The summed E-state index contributed by atoms with van der Waals surface area (Å²) in [5.74, 6) is 2.21. The third-order valence-electron chi connectivity index (χ3n) is 7.33. The minimum Gasteiger partial charge on any atom is -0.493 e. The number of carbonyl (C=O) groups excluding carboxylic acids is 2. The van der Waals surface area contributed by atoms with Crippen LogP contribution >= 0.6 is 0 Å². The Morgan fingerprint density at radius 3 is 2.33 bits per heavy atom. The Labute approximate surface area is 193 Å². The summed E-state index contributed by atoms with van der Waals surface area (Å²) in [6.07, 6.45) is 7.32. The zero-order valence-electron chi connectivity index (χ0n) is 19.2. The molecule has 0 aliphatic heterocycles. The van der Waals surface area contributed by atoms with Crippen LogP contribution in [0.1, 0.15) is 50.5 Å². The maximum absolute atomic E-state index is 12.6. The summed E-state index contributed by atoms with van der Waals surface area (Å²) in [4.78, 5) is 26.5. The maximum Gasteiger partial charge on any atom is 0.387 e. The quantitative estimate of drug-likeness (QED) is 0.580. The molecule has 0 atom stereocenters. The molecule has 0 saturated heterocycles. The van der Waals surface area contributed by atoms with Crippen molar-refractivity contribution in [3.05, 3.63) is 23.8 Å². The number of hydrogen-bond donors (Lipinski definition) is 2. The van der Waals surface area contributed by atoms with Crippen LogP contribution in [0, 0.1) is 17.8 Å². The Hall–Kier alpha value is -2.58. The fraction of sp³-hybridized carbons (Fsp3) is 0.667. The van der Waals surface area contributed by atoms with Crippen LogP contribution in [0.2, 0.25) is 0 Å². The number of carbonyl (C=O) groups is 2. The van der Waals surface area contributed by atoms with Gasteiger partial charge in [-0.1, -0.05) is 6.07 Å². The van der Waals surface area contributed by atoms with E-state index < -0.39 is 6.61 Å². The number of halogens is 2. The molecule has 2 N–H and O–H groups in total. The van der Waals surface area contributed by atoms with E-state index >= 15 is 0 Å². The van der Waals surface area contributed by atoms with Crippen LogP contribution in [0.3, 0.4) is 0 Å². The van der Waals surface area contributed by atoms with Crippen molar-refractivity contribution in [2.75, 3.05) is 20.7 Å². The summed E-state index contributed by atoms with van der Waals surface area (Å²) in [5.41, 5.74) is 0.571. The van der Waals surface area contributed by atoms with Crippen LogP contribution in [0.25, 0.3) is 0 Å². The average Bonchev–Trinajstić information content (AvgIpc) is 2.72. The van der Waals surface area contributed by atoms with Gasteiger partial charge in [0, 0.05) is 32.1 Å². The summed E-state index contributed by atoms with van der Waals surface area (Å²) in [7, 11) is 3.01. The summed E-state index contributed by atoms with van der Waals surface area (Å²) in [5, 5.41) is 6.07. The van der Waals surface area contributed by atoms with Gasteiger partial charge in [-0.3, -0.25) is 4.79 Å². The Balaban J connectivity index is 1.22. The van der Waals surface area contributed by atoms with E-state index in [0.717, 1.165) is 37.0 Å². The van der Waals surface area contributed by atoms with Crippen molar-refractivity contribution in [1.29, 1.82) is 0 Å². The van der Waals surface area contributed by atoms with Gasteiger partial charge in [-0.25, -0.2) is 4.79 Å². The van der Waals surface area contributed by atoms with Crippen LogP contribution in [-0.2, 0) is 11.3 Å². The number of alkyl halides is 2. The fourth-order valence-corrected chi connectivity index (χ4v) is 6.39. The van der Waals surface area contributed by atoms with Crippen LogP contribution in [0.4, 0.5) is 13.6 Å². The zero-order chi connectivity index (χ0) is 23.6. The molecule has 1 aromatic rings. The van der Waals surface area contributed by atoms with Crippen molar-refractivity contribution in [2.45, 2.75) is 63.6 Å². The second-order valence-corrected chi connectivity index (χ2v) is 9.94. The molecule has 4 saturated carbocycles. The summed E-state index contributed by atoms with van der Waals surface area (Å²) < 4.78 is 34.8. The molecule has 4 fully saturated rings. The Morgan fingerprint density at radius 1 is 1.12 bits per heavy atom. The number of nitrogens with zero attached hydrogens (tertiary/aromatic N) is 1. The molecule has 4 bridgehead atoms. The van der Waals surface area contributed by atoms with Crippen molar-refractivity contribution in [3.8, 4) is 11.5 Å². The molecular weight excluding hydrogens is 432 g/mol. The van der Waals surface area contributed by atoms with E-state index in [1.54, 1.807) is 13.1 Å². The largest absolute Gasteiger partial charge is 0.493 e. The number of amides is 3. The topological polar surface area (TPSA) is 79.9 Å². The third kappa shape index (κ3) is 5.68. The lowest BCUT2D eigenvalue weighted by molar-refractivity contribution is -0.130. The predicted octanol–water partition coefficient (Wildman–Crippen LogP) is 3.91. The monoisotopic (exact) mass is 465 g/mol. The normalized spacial score (nSPS) is 27.4. The number of benzene rings is 1. The number of rotatable bonds is 9. The van der Waals surface area contributed by atoms with E-state index in [1.165, 1.54) is 43.4 Å². The number of urea groups is 1. The molecular formula is C24H33F2N3O4. The van der Waals surface area contributed by atoms with E-state index in [2.05, 4.69) is 15.4 Å². The van der Waals surface area contributed by atoms with E-state index in [-0.39, 0.29) is 48.5 Å². The minimum absolute atomic E-state index is 0.0635. The van der Waals surface area contributed by atoms with Gasteiger partial charge in [0.25, 0.3) is 0 Å². The SMILES string of the molecule is COc1ccc(CN(C)C(=O)CCNC(=O)NC23CC4CC(CC(C4)C2)C3)cc1OC(F)F. The lowest BCUT2D eigenvalue weighted by Gasteiger charge is -2.56. The standard InChI is InChI=1S/C24H33F2N3O4/c1-29(14-15-3-4-19(32-2)20(10-15)33-22(25)26)21(30)5-6-27-23(31)28-24-11-16-7-17(12-24)9-18(8-16)13-24/h3-4,10,16-18,22H,5-9,11-14H2,1-2H3,(H2,27,28,31). The van der Waals surface area contributed by atoms with Crippen molar-refractivity contribution >= 4 is 11.9 Å². The van der Waals surface area contributed by atoms with Gasteiger partial charge < -0.3 is 25.0 Å². The molecule has 9 heteroatoms. The van der Waals surface area contributed by atoms with Gasteiger partial charge in [0.2, 0.25) is 5.91 Å². The molecule has 0 heterocycles. The number of hydrogen-bond acceptors (Lipinski definition) is 4. The highest BCUT2D eigenvalue weighted by molar-refractivity contribution is 5.78. The molecule has 1 aromatic carbocycles. The molecule has 4 aliphatic carbocycles. The molecule has 0 radical (unpaired) electrons. The molecule has 33 heavy (non-hydrogen) atoms. The van der Waals surface area contributed by atoms with Crippen molar-refractivity contribution in [1.82, 2.24) is 15.5 Å². The molecule has 3 amide bonds. The number of ether oxygens (including phenoxy) is 2. The lowest BCUT2D eigenvalue weighted by atomic mass is 9.53. The van der Waals surface area contributed by atoms with Crippen molar-refractivity contribution in [2.24, 2.45) is 17.8 Å². The summed E-state index contributed by atoms with van der Waals surface area (Å²) in [6, 6.07) is 4.46. The highest BCUT2D eigenvalue weighted by Crippen LogP contribution is 2.55. The molecule has 0 spiro atoms. The van der Waals surface area contributed by atoms with E-state index in [9.17, 15) is 18.4 Å². The summed E-state index contributed by atoms with van der Waals surface area (Å²) in [6.45, 7) is -2.50. The lowest BCUT2D eigenvalue weighted by Crippen LogP contribution is -2.61. The third-order valence-corrected chi connectivity index (χ3v) is 7.33. The molecule has 0 aromatic heterocycles. The highest BCUT2D eigenvalue weighted by Gasteiger charge is 2.51. The Bertz CT molecular complexity index is 844. The van der Waals surface area contributed by atoms with Crippen LogP contribution in [0.5, 0.6) is 11.5 Å². The second kappa shape index (κ2) is 9.73. The van der Waals surface area contributed by atoms with Crippen LogP contribution in [0.15, 0.2) is 18.2 Å². The van der Waals surface area contributed by atoms with E-state index in [1.807, 2.05) is 0 Å². The molecule has 0 unspecified atom stereocenters. The van der Waals surface area contributed by atoms with Gasteiger partial charge in [0.15, 0.2) is 11.5 Å². The Kier molecular flexibility index (Phi) is 6.95. The first-order chi connectivity index (χ1) is 15.7. The first kappa shape index (κ1) is 23.6. The minimum atomic E-state index is -2.97. The van der Waals surface area contributed by atoms with Crippen LogP contribution < -0.4 is 20.1 Å². The maximum atomic E-state index is 12.6. The van der Waals surface area contributed by atoms with Gasteiger partial charge in [-0.05, 0) is 74.0 Å². The predicted molar refractivity (Wildman–Crippen MR) is 118 cm³/mol. The van der Waals surface area contributed by atoms with Crippen LogP contribution in [-0.4, -0.2) is 49.7 Å². The van der Waals surface area contributed by atoms with Gasteiger partial charge in [-0.2, -0.15) is 8.78 Å². The second-order valence-electron chi connectivity index (χ2n) is 9.94. The van der Waals surface area contributed by atoms with Gasteiger partial charge >= 0.3 is 12.6 Å². The fourth-order valence-electron chi connectivity index (χ4n) is 6.39. The summed E-state index contributed by atoms with van der Waals surface area (Å²) >= 11 is 0. The van der Waals surface area contributed by atoms with E-state index in [0.29, 0.717) is 5.56 Å². The molecule has 7 nitrogen and oxygen atoms in total. The first-order valence-corrected chi connectivity index (χ1v) is 11.7. The number of methoxy groups -OCH3 is 1. The average molecular weight is 466 g/mol. The van der Waals surface area contributed by atoms with Gasteiger partial charge in [0.1, 0.15) is 0 Å². The van der Waals surface area contributed by atoms with Gasteiger partial charge in [-0.15, -0.1) is 0 Å². The highest BCUT2D eigenvalue weighted by atomic mass is 19.3.